The van der Waals surface area contributed by atoms with Crippen molar-refractivity contribution >= 4 is 40.2 Å². The second-order valence-electron chi connectivity index (χ2n) is 8.86. The number of para-hydroxylation sites is 1. The third kappa shape index (κ3) is 4.72. The highest BCUT2D eigenvalue weighted by molar-refractivity contribution is 7.80. The molecule has 2 aliphatic rings. The molecule has 2 atom stereocenters. The molecule has 0 radical (unpaired) electrons. The Morgan fingerprint density at radius 1 is 0.879 bits per heavy atom. The highest BCUT2D eigenvalue weighted by atomic mass is 35.5. The highest BCUT2D eigenvalue weighted by Crippen LogP contribution is 2.39. The second kappa shape index (κ2) is 9.72. The van der Waals surface area contributed by atoms with Crippen molar-refractivity contribution < 1.29 is 0 Å². The number of nitrogens with one attached hydrogen (secondary N) is 1. The molecule has 0 amide bonds. The summed E-state index contributed by atoms with van der Waals surface area (Å²) in [5.74, 6) is 0.208. The monoisotopic (exact) mass is 476 g/mol. The predicted octanol–water partition coefficient (Wildman–Crippen LogP) is 5.24. The number of hydrogen-bond acceptors (Lipinski definition) is 4. The zero-order valence-corrected chi connectivity index (χ0v) is 20.2. The largest absolute Gasteiger partial charge is 0.399 e. The lowest BCUT2D eigenvalue weighted by molar-refractivity contribution is 0.252. The minimum Gasteiger partial charge on any atom is -0.399 e. The van der Waals surface area contributed by atoms with E-state index in [1.807, 2.05) is 18.2 Å². The molecule has 0 spiro atoms. The van der Waals surface area contributed by atoms with Gasteiger partial charge >= 0.3 is 0 Å². The van der Waals surface area contributed by atoms with Crippen LogP contribution < -0.4 is 16.0 Å². The molecule has 1 fully saturated rings. The van der Waals surface area contributed by atoms with Crippen molar-refractivity contribution in [3.05, 3.63) is 94.5 Å². The van der Waals surface area contributed by atoms with Crippen molar-refractivity contribution in [3.63, 3.8) is 0 Å². The number of hydrogen-bond donors (Lipinski definition) is 2. The Kier molecular flexibility index (Phi) is 6.54. The summed E-state index contributed by atoms with van der Waals surface area (Å²) in [4.78, 5) is 5.92. The van der Waals surface area contributed by atoms with Crippen LogP contribution in [0, 0.1) is 0 Å². The maximum absolute atomic E-state index is 6.55. The molecule has 6 heteroatoms. The van der Waals surface area contributed by atoms with E-state index in [0.717, 1.165) is 49.7 Å². The molecule has 5 rings (SSSR count). The van der Waals surface area contributed by atoms with Crippen LogP contribution in [0.2, 0.25) is 5.02 Å². The number of nitrogen functional groups attached to an aromatic ring is 1. The summed E-state index contributed by atoms with van der Waals surface area (Å²) in [6.45, 7) is 5.30. The summed E-state index contributed by atoms with van der Waals surface area (Å²) in [6, 6.07) is 24.8. The van der Waals surface area contributed by atoms with Crippen LogP contribution in [-0.2, 0) is 0 Å². The van der Waals surface area contributed by atoms with Crippen LogP contribution in [0.15, 0.2) is 72.8 Å². The molecule has 33 heavy (non-hydrogen) atoms. The van der Waals surface area contributed by atoms with Gasteiger partial charge in [0.1, 0.15) is 0 Å². The van der Waals surface area contributed by atoms with Gasteiger partial charge in [-0.1, -0.05) is 66.3 Å². The lowest BCUT2D eigenvalue weighted by Crippen LogP contribution is -2.47. The van der Waals surface area contributed by atoms with E-state index in [2.05, 4.69) is 69.7 Å². The van der Waals surface area contributed by atoms with Crippen LogP contribution >= 0.6 is 23.8 Å². The Morgan fingerprint density at radius 2 is 1.58 bits per heavy atom. The van der Waals surface area contributed by atoms with E-state index in [-0.39, 0.29) is 12.0 Å². The summed E-state index contributed by atoms with van der Waals surface area (Å²) in [7, 11) is 0. The van der Waals surface area contributed by atoms with Gasteiger partial charge in [0, 0.05) is 48.5 Å². The number of thiocarbonyl (C=S) groups is 1. The molecule has 1 saturated heterocycles. The van der Waals surface area contributed by atoms with Crippen LogP contribution in [0.3, 0.4) is 0 Å². The SMILES string of the molecule is Nc1ccc(Cl)c(C2NC(=S)C(CCN3CCN(c4ccccc4)CC3)c3ccccc32)c1. The quantitative estimate of drug-likeness (QED) is 0.389. The number of nitrogens with two attached hydrogens (primary N) is 1. The number of halogens is 1. The van der Waals surface area contributed by atoms with Crippen LogP contribution in [0.25, 0.3) is 0 Å². The maximum atomic E-state index is 6.55. The Bertz CT molecular complexity index is 1130. The topological polar surface area (TPSA) is 44.5 Å². The van der Waals surface area contributed by atoms with Gasteiger partial charge < -0.3 is 16.0 Å². The number of rotatable bonds is 5. The minimum atomic E-state index is -0.0737. The number of piperazine rings is 1. The normalized spacial score (nSPS) is 20.9. The zero-order chi connectivity index (χ0) is 22.8. The van der Waals surface area contributed by atoms with Gasteiger partial charge in [-0.25, -0.2) is 0 Å². The molecule has 0 aliphatic carbocycles. The number of fused-ring (bicyclic) bond motifs is 1. The molecule has 0 saturated carbocycles. The molecule has 170 valence electrons. The van der Waals surface area contributed by atoms with E-state index in [1.165, 1.54) is 16.8 Å². The van der Waals surface area contributed by atoms with Crippen molar-refractivity contribution in [2.45, 2.75) is 18.4 Å². The fraction of sp³-hybridized carbons (Fsp3) is 0.296. The third-order valence-electron chi connectivity index (χ3n) is 6.84. The smallest absolute Gasteiger partial charge is 0.0837 e. The van der Waals surface area contributed by atoms with Crippen molar-refractivity contribution in [1.82, 2.24) is 10.2 Å². The first-order valence-electron chi connectivity index (χ1n) is 11.6. The first kappa shape index (κ1) is 22.2. The summed E-state index contributed by atoms with van der Waals surface area (Å²) >= 11 is 12.4. The Morgan fingerprint density at radius 3 is 2.33 bits per heavy atom. The van der Waals surface area contributed by atoms with Gasteiger partial charge in [0.25, 0.3) is 0 Å². The van der Waals surface area contributed by atoms with Crippen LogP contribution in [-0.4, -0.2) is 42.6 Å². The Hall–Kier alpha value is -2.60. The summed E-state index contributed by atoms with van der Waals surface area (Å²) in [6.07, 6.45) is 1.01. The van der Waals surface area contributed by atoms with E-state index >= 15 is 0 Å². The minimum absolute atomic E-state index is 0.0737. The van der Waals surface area contributed by atoms with Crippen LogP contribution in [0.4, 0.5) is 11.4 Å². The van der Waals surface area contributed by atoms with Crippen molar-refractivity contribution in [1.29, 1.82) is 0 Å². The van der Waals surface area contributed by atoms with Gasteiger partial charge in [0.05, 0.1) is 11.0 Å². The average molecular weight is 477 g/mol. The Balaban J connectivity index is 1.28. The first-order chi connectivity index (χ1) is 16.1. The molecule has 3 aromatic rings. The van der Waals surface area contributed by atoms with Crippen molar-refractivity contribution in [3.8, 4) is 0 Å². The fourth-order valence-corrected chi connectivity index (χ4v) is 5.64. The summed E-state index contributed by atoms with van der Waals surface area (Å²) in [5, 5.41) is 4.29. The molecule has 0 aromatic heterocycles. The molecule has 2 unspecified atom stereocenters. The van der Waals surface area contributed by atoms with Crippen molar-refractivity contribution in [2.75, 3.05) is 43.4 Å². The average Bonchev–Trinajstić information content (AvgIpc) is 2.85. The first-order valence-corrected chi connectivity index (χ1v) is 12.4. The molecular weight excluding hydrogens is 448 g/mol. The molecule has 3 aromatic carbocycles. The molecular formula is C27H29ClN4S. The standard InChI is InChI=1S/C27H29ClN4S/c28-25-11-10-19(29)18-24(25)26-22-9-5-4-8-21(22)23(27(33)30-26)12-13-31-14-16-32(17-15-31)20-6-2-1-3-7-20/h1-11,18,23,26H,12-17,29H2,(H,30,33). The van der Waals surface area contributed by atoms with E-state index in [4.69, 9.17) is 29.6 Å². The van der Waals surface area contributed by atoms with Crippen LogP contribution in [0.1, 0.15) is 35.1 Å². The van der Waals surface area contributed by atoms with E-state index in [9.17, 15) is 0 Å². The lowest BCUT2D eigenvalue weighted by atomic mass is 9.82. The number of nitrogens with zero attached hydrogens (tertiary/aromatic N) is 2. The van der Waals surface area contributed by atoms with Gasteiger partial charge in [-0.15, -0.1) is 0 Å². The Labute approximate surface area is 206 Å². The van der Waals surface area contributed by atoms with Gasteiger partial charge in [-0.2, -0.15) is 0 Å². The summed E-state index contributed by atoms with van der Waals surface area (Å²) in [5.41, 5.74) is 11.6. The lowest BCUT2D eigenvalue weighted by Gasteiger charge is -2.38. The van der Waals surface area contributed by atoms with Crippen LogP contribution in [0.5, 0.6) is 0 Å². The molecule has 4 nitrogen and oxygen atoms in total. The molecule has 2 heterocycles. The maximum Gasteiger partial charge on any atom is 0.0837 e. The van der Waals surface area contributed by atoms with Gasteiger partial charge in [-0.05, 0) is 60.0 Å². The second-order valence-corrected chi connectivity index (χ2v) is 9.70. The van der Waals surface area contributed by atoms with E-state index < -0.39 is 0 Å². The fourth-order valence-electron chi connectivity index (χ4n) is 5.05. The highest BCUT2D eigenvalue weighted by Gasteiger charge is 2.32. The summed E-state index contributed by atoms with van der Waals surface area (Å²) < 4.78 is 0. The van der Waals surface area contributed by atoms with Gasteiger partial charge in [0.2, 0.25) is 0 Å². The van der Waals surface area contributed by atoms with Gasteiger partial charge in [0.15, 0.2) is 0 Å². The van der Waals surface area contributed by atoms with Crippen molar-refractivity contribution in [2.24, 2.45) is 0 Å². The molecule has 2 aliphatic heterocycles. The number of anilines is 2. The zero-order valence-electron chi connectivity index (χ0n) is 18.6. The van der Waals surface area contributed by atoms with E-state index in [1.54, 1.807) is 0 Å². The number of benzene rings is 3. The van der Waals surface area contributed by atoms with Gasteiger partial charge in [-0.3, -0.25) is 4.90 Å². The molecule has 3 N–H and O–H groups in total. The third-order valence-corrected chi connectivity index (χ3v) is 7.59. The van der Waals surface area contributed by atoms with E-state index in [0.29, 0.717) is 10.7 Å². The molecule has 0 bridgehead atoms. The predicted molar refractivity (Wildman–Crippen MR) is 142 cm³/mol.